The van der Waals surface area contributed by atoms with Gasteiger partial charge in [-0.1, -0.05) is 12.1 Å². The first-order valence-electron chi connectivity index (χ1n) is 12.0. The highest BCUT2D eigenvalue weighted by atomic mass is 32.1. The molecule has 2 aliphatic rings. The van der Waals surface area contributed by atoms with Crippen LogP contribution in [0.15, 0.2) is 53.9 Å². The number of methoxy groups -OCH3 is 2. The van der Waals surface area contributed by atoms with E-state index in [2.05, 4.69) is 5.32 Å². The third-order valence-electron chi connectivity index (χ3n) is 6.29. The van der Waals surface area contributed by atoms with Crippen LogP contribution in [0.3, 0.4) is 0 Å². The Morgan fingerprint density at radius 3 is 2.59 bits per heavy atom. The first-order chi connectivity index (χ1) is 18.0. The molecule has 2 heterocycles. The number of hydrogen-bond donors (Lipinski definition) is 1. The van der Waals surface area contributed by atoms with E-state index in [4.69, 9.17) is 18.9 Å². The van der Waals surface area contributed by atoms with Crippen LogP contribution in [0.1, 0.15) is 23.3 Å². The number of hydrogen-bond acceptors (Lipinski definition) is 7. The number of thiophene rings is 1. The highest BCUT2D eigenvalue weighted by Crippen LogP contribution is 2.34. The molecular formula is C27H29N3O6S. The molecule has 10 heteroatoms. The molecule has 0 unspecified atom stereocenters. The molecule has 0 bridgehead atoms. The summed E-state index contributed by atoms with van der Waals surface area (Å²) in [6.45, 7) is 1.02. The van der Waals surface area contributed by atoms with Crippen LogP contribution >= 0.6 is 11.3 Å². The number of nitrogens with one attached hydrogen (secondary N) is 1. The summed E-state index contributed by atoms with van der Waals surface area (Å²) in [5.74, 6) is 2.35. The van der Waals surface area contributed by atoms with Crippen molar-refractivity contribution in [2.24, 2.45) is 0 Å². The smallest absolute Gasteiger partial charge is 0.322 e. The standard InChI is InChI=1S/C27H29N3O6S/c1-33-20-8-9-22(24(13-20)34-2)28-27(32)30(19-6-7-19)16-26(31)29(15-21-4-3-11-37-21)14-18-5-10-23-25(12-18)36-17-35-23/h3-5,8-13,19H,6-7,14-17H2,1-2H3,(H,28,32). The van der Waals surface area contributed by atoms with Crippen LogP contribution in [0.2, 0.25) is 0 Å². The van der Waals surface area contributed by atoms with Crippen molar-refractivity contribution in [1.82, 2.24) is 9.80 Å². The second-order valence-corrected chi connectivity index (χ2v) is 9.90. The van der Waals surface area contributed by atoms with E-state index in [0.29, 0.717) is 41.8 Å². The molecule has 3 aromatic rings. The van der Waals surface area contributed by atoms with Gasteiger partial charge in [0, 0.05) is 23.5 Å². The van der Waals surface area contributed by atoms with Crippen LogP contribution in [-0.2, 0) is 17.9 Å². The van der Waals surface area contributed by atoms with Crippen LogP contribution in [-0.4, -0.2) is 55.3 Å². The van der Waals surface area contributed by atoms with Crippen molar-refractivity contribution in [2.75, 3.05) is 32.9 Å². The molecule has 0 saturated heterocycles. The van der Waals surface area contributed by atoms with Crippen molar-refractivity contribution in [1.29, 1.82) is 0 Å². The van der Waals surface area contributed by atoms with E-state index in [-0.39, 0.29) is 31.3 Å². The maximum absolute atomic E-state index is 13.6. The van der Waals surface area contributed by atoms with Gasteiger partial charge in [0.05, 0.1) is 26.5 Å². The molecule has 5 rings (SSSR count). The van der Waals surface area contributed by atoms with E-state index >= 15 is 0 Å². The van der Waals surface area contributed by atoms with Crippen molar-refractivity contribution in [2.45, 2.75) is 32.0 Å². The second kappa shape index (κ2) is 11.0. The molecule has 0 spiro atoms. The fraction of sp³-hybridized carbons (Fsp3) is 0.333. The number of urea groups is 1. The van der Waals surface area contributed by atoms with E-state index in [1.165, 1.54) is 7.11 Å². The Balaban J connectivity index is 1.32. The fourth-order valence-corrected chi connectivity index (χ4v) is 4.89. The highest BCUT2D eigenvalue weighted by Gasteiger charge is 2.35. The summed E-state index contributed by atoms with van der Waals surface area (Å²) in [6.07, 6.45) is 1.74. The number of ether oxygens (including phenoxy) is 4. The number of benzene rings is 2. The van der Waals surface area contributed by atoms with Gasteiger partial charge in [0.25, 0.3) is 0 Å². The maximum Gasteiger partial charge on any atom is 0.322 e. The van der Waals surface area contributed by atoms with E-state index < -0.39 is 0 Å². The Hall–Kier alpha value is -3.92. The summed E-state index contributed by atoms with van der Waals surface area (Å²) in [4.78, 5) is 31.4. The number of anilines is 1. The summed E-state index contributed by atoms with van der Waals surface area (Å²) in [5.41, 5.74) is 1.45. The molecule has 1 saturated carbocycles. The molecule has 1 aliphatic heterocycles. The average Bonchev–Trinajstić information content (AvgIpc) is 3.41. The SMILES string of the molecule is COc1ccc(NC(=O)N(CC(=O)N(Cc2ccc3c(c2)OCO3)Cc2cccs2)C2CC2)c(OC)c1. The summed E-state index contributed by atoms with van der Waals surface area (Å²) >= 11 is 1.60. The van der Waals surface area contributed by atoms with Gasteiger partial charge >= 0.3 is 6.03 Å². The first kappa shape index (κ1) is 24.8. The lowest BCUT2D eigenvalue weighted by Crippen LogP contribution is -2.45. The average molecular weight is 524 g/mol. The summed E-state index contributed by atoms with van der Waals surface area (Å²) in [5, 5.41) is 4.90. The molecule has 0 atom stereocenters. The van der Waals surface area contributed by atoms with Gasteiger partial charge < -0.3 is 34.1 Å². The molecular weight excluding hydrogens is 494 g/mol. The predicted molar refractivity (Wildman–Crippen MR) is 139 cm³/mol. The number of carbonyl (C=O) groups excluding carboxylic acids is 2. The molecule has 1 fully saturated rings. The largest absolute Gasteiger partial charge is 0.497 e. The lowest BCUT2D eigenvalue weighted by atomic mass is 10.2. The summed E-state index contributed by atoms with van der Waals surface area (Å²) in [6, 6.07) is 14.5. The lowest BCUT2D eigenvalue weighted by molar-refractivity contribution is -0.133. The van der Waals surface area contributed by atoms with E-state index in [9.17, 15) is 9.59 Å². The van der Waals surface area contributed by atoms with Crippen molar-refractivity contribution in [3.05, 3.63) is 64.4 Å². The van der Waals surface area contributed by atoms with Gasteiger partial charge in [-0.3, -0.25) is 4.79 Å². The van der Waals surface area contributed by atoms with Crippen LogP contribution < -0.4 is 24.3 Å². The number of carbonyl (C=O) groups is 2. The van der Waals surface area contributed by atoms with Crippen LogP contribution in [0.5, 0.6) is 23.0 Å². The van der Waals surface area contributed by atoms with Gasteiger partial charge in [0.1, 0.15) is 18.0 Å². The predicted octanol–water partition coefficient (Wildman–Crippen LogP) is 4.72. The number of amides is 3. The molecule has 3 amide bonds. The maximum atomic E-state index is 13.6. The molecule has 37 heavy (non-hydrogen) atoms. The van der Waals surface area contributed by atoms with Crippen molar-refractivity contribution in [3.63, 3.8) is 0 Å². The van der Waals surface area contributed by atoms with Gasteiger partial charge in [-0.15, -0.1) is 11.3 Å². The number of nitrogens with zero attached hydrogens (tertiary/aromatic N) is 2. The second-order valence-electron chi connectivity index (χ2n) is 8.87. The van der Waals surface area contributed by atoms with Crippen LogP contribution in [0.4, 0.5) is 10.5 Å². The van der Waals surface area contributed by atoms with E-state index in [1.807, 2.05) is 35.7 Å². The Labute approximate surface area is 219 Å². The first-order valence-corrected chi connectivity index (χ1v) is 12.9. The van der Waals surface area contributed by atoms with Gasteiger partial charge in [0.15, 0.2) is 11.5 Å². The normalized spacial score (nSPS) is 13.7. The summed E-state index contributed by atoms with van der Waals surface area (Å²) < 4.78 is 21.6. The van der Waals surface area contributed by atoms with E-state index in [1.54, 1.807) is 46.4 Å². The Morgan fingerprint density at radius 1 is 1.03 bits per heavy atom. The van der Waals surface area contributed by atoms with Gasteiger partial charge in [-0.2, -0.15) is 0 Å². The van der Waals surface area contributed by atoms with Crippen LogP contribution in [0, 0.1) is 0 Å². The Morgan fingerprint density at radius 2 is 1.86 bits per heavy atom. The quantitative estimate of drug-likeness (QED) is 0.414. The minimum Gasteiger partial charge on any atom is -0.497 e. The van der Waals surface area contributed by atoms with Crippen molar-refractivity contribution < 1.29 is 28.5 Å². The van der Waals surface area contributed by atoms with Gasteiger partial charge in [-0.25, -0.2) is 4.79 Å². The molecule has 194 valence electrons. The third-order valence-corrected chi connectivity index (χ3v) is 7.16. The zero-order chi connectivity index (χ0) is 25.8. The topological polar surface area (TPSA) is 89.6 Å². The minimum atomic E-state index is -0.335. The van der Waals surface area contributed by atoms with Crippen LogP contribution in [0.25, 0.3) is 0 Å². The van der Waals surface area contributed by atoms with Gasteiger partial charge in [0.2, 0.25) is 12.7 Å². The van der Waals surface area contributed by atoms with Crippen molar-refractivity contribution in [3.8, 4) is 23.0 Å². The minimum absolute atomic E-state index is 0.0229. The Bertz CT molecular complexity index is 1260. The molecule has 1 aliphatic carbocycles. The lowest BCUT2D eigenvalue weighted by Gasteiger charge is -2.28. The zero-order valence-electron chi connectivity index (χ0n) is 20.8. The molecule has 2 aromatic carbocycles. The van der Waals surface area contributed by atoms with E-state index in [0.717, 1.165) is 23.3 Å². The molecule has 1 aromatic heterocycles. The fourth-order valence-electron chi connectivity index (χ4n) is 4.17. The monoisotopic (exact) mass is 523 g/mol. The number of fused-ring (bicyclic) bond motifs is 1. The molecule has 1 N–H and O–H groups in total. The highest BCUT2D eigenvalue weighted by molar-refractivity contribution is 7.09. The Kier molecular flexibility index (Phi) is 7.36. The van der Waals surface area contributed by atoms with Gasteiger partial charge in [-0.05, 0) is 54.1 Å². The molecule has 0 radical (unpaired) electrons. The summed E-state index contributed by atoms with van der Waals surface area (Å²) in [7, 11) is 3.10. The third kappa shape index (κ3) is 5.91. The molecule has 9 nitrogen and oxygen atoms in total. The zero-order valence-corrected chi connectivity index (χ0v) is 21.6. The van der Waals surface area contributed by atoms with Crippen molar-refractivity contribution >= 4 is 29.0 Å². The number of rotatable bonds is 10.